The second-order valence-electron chi connectivity index (χ2n) is 11.5. The topological polar surface area (TPSA) is 68.1 Å². The van der Waals surface area contributed by atoms with Gasteiger partial charge in [-0.25, -0.2) is 0 Å². The average molecular weight is 515 g/mol. The Morgan fingerprint density at radius 3 is 2.51 bits per heavy atom. The van der Waals surface area contributed by atoms with Crippen LogP contribution in [0.5, 0.6) is 0 Å². The summed E-state index contributed by atoms with van der Waals surface area (Å²) < 4.78 is 49.7. The Kier molecular flexibility index (Phi) is 6.14. The van der Waals surface area contributed by atoms with Crippen molar-refractivity contribution in [3.05, 3.63) is 36.0 Å². The minimum Gasteiger partial charge on any atom is -0.381 e. The molecular weight excluding hydrogens is 481 g/mol. The number of alkyl halides is 3. The Bertz CT molecular complexity index is 1270. The van der Waals surface area contributed by atoms with Crippen molar-refractivity contribution in [3.8, 4) is 11.3 Å². The van der Waals surface area contributed by atoms with E-state index >= 15 is 0 Å². The summed E-state index contributed by atoms with van der Waals surface area (Å²) in [6.45, 7) is 6.88. The summed E-state index contributed by atoms with van der Waals surface area (Å²) in [5.41, 5.74) is 0.338. The third-order valence-electron chi connectivity index (χ3n) is 8.37. The van der Waals surface area contributed by atoms with Crippen molar-refractivity contribution in [1.82, 2.24) is 24.9 Å². The first-order valence-corrected chi connectivity index (χ1v) is 13.1. The number of ether oxygens (including phenoxy) is 1. The summed E-state index contributed by atoms with van der Waals surface area (Å²) in [5.74, 6) is 1.49. The van der Waals surface area contributed by atoms with Gasteiger partial charge in [-0.3, -0.25) is 4.68 Å². The molecule has 1 aliphatic carbocycles. The zero-order valence-electron chi connectivity index (χ0n) is 21.3. The molecule has 1 saturated carbocycles. The van der Waals surface area contributed by atoms with Gasteiger partial charge in [-0.15, -0.1) is 10.2 Å². The summed E-state index contributed by atoms with van der Waals surface area (Å²) in [5, 5.41) is 16.6. The maximum absolute atomic E-state index is 14.2. The number of rotatable bonds is 5. The molecule has 2 aromatic heterocycles. The number of nitrogens with zero attached hydrogens (tertiary/aromatic N) is 5. The van der Waals surface area contributed by atoms with E-state index in [0.717, 1.165) is 75.5 Å². The fourth-order valence-electron chi connectivity index (χ4n) is 6.72. The van der Waals surface area contributed by atoms with Gasteiger partial charge in [-0.05, 0) is 68.6 Å². The van der Waals surface area contributed by atoms with Crippen LogP contribution >= 0.6 is 0 Å². The van der Waals surface area contributed by atoms with Gasteiger partial charge >= 0.3 is 6.18 Å². The number of nitrogens with one attached hydrogen (secondary N) is 1. The monoisotopic (exact) mass is 514 g/mol. The number of aryl methyl sites for hydroxylation is 1. The van der Waals surface area contributed by atoms with Gasteiger partial charge in [-0.1, -0.05) is 6.07 Å². The number of aromatic nitrogens is 4. The molecule has 2 aliphatic heterocycles. The van der Waals surface area contributed by atoms with Crippen LogP contribution in [0.2, 0.25) is 0 Å². The summed E-state index contributed by atoms with van der Waals surface area (Å²) in [4.78, 5) is 2.56. The summed E-state index contributed by atoms with van der Waals surface area (Å²) in [6, 6.07) is 6.43. The van der Waals surface area contributed by atoms with Crippen molar-refractivity contribution in [3.63, 3.8) is 0 Å². The predicted molar refractivity (Wildman–Crippen MR) is 135 cm³/mol. The number of fused-ring (bicyclic) bond motifs is 2. The van der Waals surface area contributed by atoms with Crippen LogP contribution in [0.3, 0.4) is 0 Å². The van der Waals surface area contributed by atoms with Crippen LogP contribution in [-0.4, -0.2) is 63.3 Å². The number of benzene rings is 1. The minimum atomic E-state index is -4.54. The van der Waals surface area contributed by atoms with E-state index in [-0.39, 0.29) is 11.5 Å². The van der Waals surface area contributed by atoms with Crippen LogP contribution in [0.15, 0.2) is 30.5 Å². The van der Waals surface area contributed by atoms with E-state index in [0.29, 0.717) is 23.3 Å². The van der Waals surface area contributed by atoms with Gasteiger partial charge in [0.05, 0.1) is 11.2 Å². The quantitative estimate of drug-likeness (QED) is 0.518. The van der Waals surface area contributed by atoms with Crippen molar-refractivity contribution in [2.45, 2.75) is 44.3 Å². The third-order valence-corrected chi connectivity index (χ3v) is 8.37. The summed E-state index contributed by atoms with van der Waals surface area (Å²) >= 11 is 0. The molecule has 198 valence electrons. The van der Waals surface area contributed by atoms with Gasteiger partial charge < -0.3 is 15.0 Å². The van der Waals surface area contributed by atoms with E-state index in [1.165, 1.54) is 0 Å². The van der Waals surface area contributed by atoms with Crippen LogP contribution in [-0.2, 0) is 18.0 Å². The Labute approximate surface area is 214 Å². The second kappa shape index (κ2) is 9.23. The highest BCUT2D eigenvalue weighted by atomic mass is 19.4. The molecule has 4 heterocycles. The van der Waals surface area contributed by atoms with Gasteiger partial charge in [0, 0.05) is 62.6 Å². The average Bonchev–Trinajstić information content (AvgIpc) is 3.48. The molecule has 0 spiro atoms. The SMILES string of the molecule is Cn1cc2cc(-c3cc(C(F)(F)F)c(NC4(C)C[C@H]5CN(CC6CCOCC6)C[C@H]5C4)nn3)ccc2n1. The Morgan fingerprint density at radius 2 is 1.81 bits per heavy atom. The smallest absolute Gasteiger partial charge is 0.381 e. The highest BCUT2D eigenvalue weighted by Gasteiger charge is 2.48. The normalized spacial score (nSPS) is 27.2. The first kappa shape index (κ1) is 24.6. The Balaban J connectivity index is 1.18. The molecule has 7 nitrogen and oxygen atoms in total. The highest BCUT2D eigenvalue weighted by molar-refractivity contribution is 5.83. The summed E-state index contributed by atoms with van der Waals surface area (Å²) in [7, 11) is 1.81. The van der Waals surface area contributed by atoms with Crippen molar-refractivity contribution in [2.75, 3.05) is 38.2 Å². The number of hydrogen-bond acceptors (Lipinski definition) is 6. The second-order valence-corrected chi connectivity index (χ2v) is 11.5. The third kappa shape index (κ3) is 5.05. The Hall–Kier alpha value is -2.72. The lowest BCUT2D eigenvalue weighted by Gasteiger charge is -2.31. The molecule has 0 amide bonds. The maximum Gasteiger partial charge on any atom is 0.420 e. The van der Waals surface area contributed by atoms with E-state index in [2.05, 4.69) is 25.5 Å². The van der Waals surface area contributed by atoms with Gasteiger partial charge in [0.1, 0.15) is 5.56 Å². The van der Waals surface area contributed by atoms with Crippen molar-refractivity contribution >= 4 is 16.7 Å². The molecule has 1 N–H and O–H groups in total. The maximum atomic E-state index is 14.2. The molecule has 10 heteroatoms. The molecule has 3 aliphatic rings. The number of hydrogen-bond donors (Lipinski definition) is 1. The predicted octanol–water partition coefficient (Wildman–Crippen LogP) is 4.99. The molecule has 0 radical (unpaired) electrons. The molecule has 3 aromatic rings. The molecule has 1 unspecified atom stereocenters. The molecule has 3 atom stereocenters. The zero-order valence-corrected chi connectivity index (χ0v) is 21.3. The largest absolute Gasteiger partial charge is 0.420 e. The zero-order chi connectivity index (χ0) is 25.8. The Morgan fingerprint density at radius 1 is 1.08 bits per heavy atom. The van der Waals surface area contributed by atoms with Crippen LogP contribution < -0.4 is 5.32 Å². The lowest BCUT2D eigenvalue weighted by atomic mass is 9.96. The fraction of sp³-hybridized carbons (Fsp3) is 0.593. The van der Waals surface area contributed by atoms with Crippen LogP contribution in [0.25, 0.3) is 22.2 Å². The molecule has 37 heavy (non-hydrogen) atoms. The highest BCUT2D eigenvalue weighted by Crippen LogP contribution is 2.46. The van der Waals surface area contributed by atoms with E-state index in [9.17, 15) is 13.2 Å². The van der Waals surface area contributed by atoms with Gasteiger partial charge in [0.25, 0.3) is 0 Å². The number of anilines is 1. The van der Waals surface area contributed by atoms with Crippen LogP contribution in [0.1, 0.15) is 38.2 Å². The van der Waals surface area contributed by atoms with Crippen molar-refractivity contribution in [2.24, 2.45) is 24.8 Å². The van der Waals surface area contributed by atoms with E-state index in [4.69, 9.17) is 4.74 Å². The first-order valence-electron chi connectivity index (χ1n) is 13.1. The van der Waals surface area contributed by atoms with Gasteiger partial charge in [0.15, 0.2) is 5.82 Å². The lowest BCUT2D eigenvalue weighted by molar-refractivity contribution is -0.137. The minimum absolute atomic E-state index is 0.180. The molecule has 1 aromatic carbocycles. The lowest BCUT2D eigenvalue weighted by Crippen LogP contribution is -2.37. The van der Waals surface area contributed by atoms with Crippen molar-refractivity contribution in [1.29, 1.82) is 0 Å². The molecular formula is C27H33F3N6O. The molecule has 3 fully saturated rings. The van der Waals surface area contributed by atoms with E-state index in [1.54, 1.807) is 22.9 Å². The van der Waals surface area contributed by atoms with Crippen LogP contribution in [0, 0.1) is 17.8 Å². The van der Waals surface area contributed by atoms with Crippen LogP contribution in [0.4, 0.5) is 19.0 Å². The molecule has 0 bridgehead atoms. The fourth-order valence-corrected chi connectivity index (χ4v) is 6.72. The van der Waals surface area contributed by atoms with Crippen molar-refractivity contribution < 1.29 is 17.9 Å². The van der Waals surface area contributed by atoms with Gasteiger partial charge in [-0.2, -0.15) is 18.3 Å². The number of halogens is 3. The molecule has 2 saturated heterocycles. The van der Waals surface area contributed by atoms with Gasteiger partial charge in [0.2, 0.25) is 0 Å². The number of likely N-dealkylation sites (tertiary alicyclic amines) is 1. The summed E-state index contributed by atoms with van der Waals surface area (Å²) in [6.07, 6.45) is 1.19. The first-order chi connectivity index (χ1) is 17.6. The standard InChI is InChI=1S/C27H33F3N6O/c1-26(11-20-15-36(16-21(20)12-26)13-17-5-7-37-8-6-17)31-25-22(27(28,29)30)10-24(32-33-25)18-3-4-23-19(9-18)14-35(2)34-23/h3-4,9-10,14,17,20-21H,5-8,11-13,15-16H2,1-2H3,(H,31,33)/t20-,21+,26?. The molecule has 6 rings (SSSR count). The van der Waals surface area contributed by atoms with E-state index in [1.807, 2.05) is 20.2 Å². The van der Waals surface area contributed by atoms with E-state index < -0.39 is 17.3 Å².